The number of carboxylic acid groups (broad SMARTS) is 1. The van der Waals surface area contributed by atoms with E-state index in [1.54, 1.807) is 0 Å². The summed E-state index contributed by atoms with van der Waals surface area (Å²) in [5.74, 6) is -1.36. The molecule has 0 aromatic heterocycles. The third-order valence-electron chi connectivity index (χ3n) is 2.22. The van der Waals surface area contributed by atoms with E-state index in [4.69, 9.17) is 5.11 Å². The molecule has 0 radical (unpaired) electrons. The van der Waals surface area contributed by atoms with Crippen molar-refractivity contribution in [2.45, 2.75) is 20.0 Å². The molecule has 0 aliphatic heterocycles. The van der Waals surface area contributed by atoms with Gasteiger partial charge in [0, 0.05) is 0 Å². The molecule has 0 bridgehead atoms. The number of aromatic carboxylic acids is 1. The van der Waals surface area contributed by atoms with Crippen molar-refractivity contribution in [1.29, 1.82) is 0 Å². The van der Waals surface area contributed by atoms with Crippen LogP contribution < -0.4 is 0 Å². The van der Waals surface area contributed by atoms with E-state index >= 15 is 0 Å². The Morgan fingerprint density at radius 2 is 1.80 bits per heavy atom. The fourth-order valence-corrected chi connectivity index (χ4v) is 1.28. The summed E-state index contributed by atoms with van der Waals surface area (Å²) in [5, 5.41) is 8.62. The van der Waals surface area contributed by atoms with Crippen LogP contribution in [0.1, 0.15) is 27.0 Å². The number of carboxylic acids is 1. The predicted octanol–water partition coefficient (Wildman–Crippen LogP) is 3.02. The summed E-state index contributed by atoms with van der Waals surface area (Å²) in [6.07, 6.45) is -4.51. The number of rotatable bonds is 1. The van der Waals surface area contributed by atoms with Gasteiger partial charge in [-0.05, 0) is 37.1 Å². The Kier molecular flexibility index (Phi) is 2.75. The van der Waals surface area contributed by atoms with Crippen LogP contribution >= 0.6 is 0 Å². The van der Waals surface area contributed by atoms with Gasteiger partial charge in [-0.3, -0.25) is 0 Å². The monoisotopic (exact) mass is 218 g/mol. The molecule has 0 aliphatic rings. The number of halogens is 3. The van der Waals surface area contributed by atoms with E-state index in [9.17, 15) is 18.0 Å². The highest BCUT2D eigenvalue weighted by molar-refractivity contribution is 5.88. The van der Waals surface area contributed by atoms with Crippen LogP contribution in [0.3, 0.4) is 0 Å². The van der Waals surface area contributed by atoms with E-state index in [2.05, 4.69) is 0 Å². The van der Waals surface area contributed by atoms with Crippen molar-refractivity contribution in [1.82, 2.24) is 0 Å². The molecule has 15 heavy (non-hydrogen) atoms. The van der Waals surface area contributed by atoms with Crippen molar-refractivity contribution in [2.24, 2.45) is 0 Å². The van der Waals surface area contributed by atoms with Crippen LogP contribution in [0.4, 0.5) is 13.2 Å². The van der Waals surface area contributed by atoms with Crippen molar-refractivity contribution in [2.75, 3.05) is 0 Å². The second-order valence-electron chi connectivity index (χ2n) is 3.27. The van der Waals surface area contributed by atoms with Crippen LogP contribution in [0.5, 0.6) is 0 Å². The van der Waals surface area contributed by atoms with Crippen LogP contribution in [-0.2, 0) is 6.18 Å². The van der Waals surface area contributed by atoms with Crippen molar-refractivity contribution in [3.05, 3.63) is 34.4 Å². The number of hydrogen-bond donors (Lipinski definition) is 1. The maximum Gasteiger partial charge on any atom is 0.416 e. The largest absolute Gasteiger partial charge is 0.478 e. The van der Waals surface area contributed by atoms with E-state index in [-0.39, 0.29) is 11.1 Å². The van der Waals surface area contributed by atoms with Gasteiger partial charge in [0.05, 0.1) is 11.1 Å². The maximum atomic E-state index is 12.5. The lowest BCUT2D eigenvalue weighted by molar-refractivity contribution is -0.138. The van der Waals surface area contributed by atoms with Crippen LogP contribution in [0, 0.1) is 13.8 Å². The molecule has 1 N–H and O–H groups in total. The first-order valence-electron chi connectivity index (χ1n) is 4.15. The fourth-order valence-electron chi connectivity index (χ4n) is 1.28. The van der Waals surface area contributed by atoms with Gasteiger partial charge in [0.25, 0.3) is 0 Å². The summed E-state index contributed by atoms with van der Waals surface area (Å²) in [4.78, 5) is 10.6. The minimum atomic E-state index is -4.51. The Hall–Kier alpha value is -1.52. The number of carbonyl (C=O) groups is 1. The van der Waals surface area contributed by atoms with Gasteiger partial charge in [-0.25, -0.2) is 4.79 Å². The molecule has 0 aliphatic carbocycles. The van der Waals surface area contributed by atoms with Crippen LogP contribution in [0.25, 0.3) is 0 Å². The normalized spacial score (nSPS) is 11.5. The molecule has 0 fully saturated rings. The molecule has 1 aromatic carbocycles. The van der Waals surface area contributed by atoms with Gasteiger partial charge < -0.3 is 5.11 Å². The van der Waals surface area contributed by atoms with Gasteiger partial charge >= 0.3 is 12.1 Å². The Labute approximate surface area is 84.3 Å². The summed E-state index contributed by atoms with van der Waals surface area (Å²) < 4.78 is 37.4. The van der Waals surface area contributed by atoms with Gasteiger partial charge in [0.1, 0.15) is 0 Å². The maximum absolute atomic E-state index is 12.5. The molecule has 1 rings (SSSR count). The highest BCUT2D eigenvalue weighted by Gasteiger charge is 2.33. The SMILES string of the molecule is Cc1cc(C(=O)O)cc(C(F)(F)F)c1C. The fraction of sp³-hybridized carbons (Fsp3) is 0.300. The van der Waals surface area contributed by atoms with E-state index in [0.717, 1.165) is 0 Å². The summed E-state index contributed by atoms with van der Waals surface area (Å²) in [6.45, 7) is 2.78. The smallest absolute Gasteiger partial charge is 0.416 e. The predicted molar refractivity (Wildman–Crippen MR) is 47.9 cm³/mol. The zero-order valence-corrected chi connectivity index (χ0v) is 8.14. The minimum Gasteiger partial charge on any atom is -0.478 e. The van der Waals surface area contributed by atoms with Crippen molar-refractivity contribution >= 4 is 5.97 Å². The Balaban J connectivity index is 3.45. The molecule has 0 amide bonds. The molecule has 0 spiro atoms. The first-order chi connectivity index (χ1) is 6.73. The molecule has 5 heteroatoms. The zero-order chi connectivity index (χ0) is 11.8. The number of benzene rings is 1. The molecule has 0 atom stereocenters. The quantitative estimate of drug-likeness (QED) is 0.786. The minimum absolute atomic E-state index is 0.0625. The summed E-state index contributed by atoms with van der Waals surface area (Å²) in [5.41, 5.74) is -0.847. The molecular formula is C10H9F3O2. The highest BCUT2D eigenvalue weighted by Crippen LogP contribution is 2.33. The molecule has 0 saturated heterocycles. The molecule has 1 aromatic rings. The lowest BCUT2D eigenvalue weighted by atomic mass is 9.99. The lowest BCUT2D eigenvalue weighted by Gasteiger charge is -2.13. The summed E-state index contributed by atoms with van der Waals surface area (Å²) >= 11 is 0. The molecule has 2 nitrogen and oxygen atoms in total. The molecule has 82 valence electrons. The first-order valence-corrected chi connectivity index (χ1v) is 4.15. The Morgan fingerprint density at radius 1 is 1.27 bits per heavy atom. The van der Waals surface area contributed by atoms with Crippen LogP contribution in [0.15, 0.2) is 12.1 Å². The lowest BCUT2D eigenvalue weighted by Crippen LogP contribution is -2.11. The van der Waals surface area contributed by atoms with Crippen molar-refractivity contribution < 1.29 is 23.1 Å². The van der Waals surface area contributed by atoms with Gasteiger partial charge in [-0.15, -0.1) is 0 Å². The Morgan fingerprint density at radius 3 is 2.20 bits per heavy atom. The zero-order valence-electron chi connectivity index (χ0n) is 8.14. The topological polar surface area (TPSA) is 37.3 Å². The van der Waals surface area contributed by atoms with Gasteiger partial charge in [-0.2, -0.15) is 13.2 Å². The first kappa shape index (κ1) is 11.6. The Bertz CT molecular complexity index is 408. The van der Waals surface area contributed by atoms with E-state index in [1.165, 1.54) is 19.9 Å². The third kappa shape index (κ3) is 2.29. The number of aryl methyl sites for hydroxylation is 1. The van der Waals surface area contributed by atoms with E-state index in [1.807, 2.05) is 0 Å². The summed E-state index contributed by atoms with van der Waals surface area (Å²) in [7, 11) is 0. The van der Waals surface area contributed by atoms with E-state index in [0.29, 0.717) is 11.6 Å². The van der Waals surface area contributed by atoms with Gasteiger partial charge in [0.2, 0.25) is 0 Å². The highest BCUT2D eigenvalue weighted by atomic mass is 19.4. The van der Waals surface area contributed by atoms with Crippen LogP contribution in [0.2, 0.25) is 0 Å². The number of hydrogen-bond acceptors (Lipinski definition) is 1. The molecular weight excluding hydrogens is 209 g/mol. The second kappa shape index (κ2) is 3.56. The summed E-state index contributed by atoms with van der Waals surface area (Å²) in [6, 6.07) is 1.89. The van der Waals surface area contributed by atoms with E-state index < -0.39 is 17.7 Å². The van der Waals surface area contributed by atoms with Gasteiger partial charge in [-0.1, -0.05) is 0 Å². The molecule has 0 unspecified atom stereocenters. The van der Waals surface area contributed by atoms with Crippen LogP contribution in [-0.4, -0.2) is 11.1 Å². The van der Waals surface area contributed by atoms with Crippen molar-refractivity contribution in [3.63, 3.8) is 0 Å². The second-order valence-corrected chi connectivity index (χ2v) is 3.27. The average Bonchev–Trinajstić information content (AvgIpc) is 2.06. The standard InChI is InChI=1S/C10H9F3O2/c1-5-3-7(9(14)15)4-8(6(5)2)10(11,12)13/h3-4H,1-2H3,(H,14,15). The van der Waals surface area contributed by atoms with Crippen molar-refractivity contribution in [3.8, 4) is 0 Å². The molecule has 0 saturated carbocycles. The third-order valence-corrected chi connectivity index (χ3v) is 2.22. The average molecular weight is 218 g/mol. The van der Waals surface area contributed by atoms with Gasteiger partial charge in [0.15, 0.2) is 0 Å². The number of alkyl halides is 3. The molecule has 0 heterocycles.